The average molecular weight is 506 g/mol. The number of rotatable bonds is 4. The van der Waals surface area contributed by atoms with Gasteiger partial charge >= 0.3 is 6.18 Å². The summed E-state index contributed by atoms with van der Waals surface area (Å²) in [5, 5.41) is 6.85. The minimum Gasteiger partial charge on any atom is -0.350 e. The molecule has 1 unspecified atom stereocenters. The van der Waals surface area contributed by atoms with Crippen LogP contribution in [0.3, 0.4) is 0 Å². The van der Waals surface area contributed by atoms with E-state index in [-0.39, 0.29) is 47.1 Å². The Morgan fingerprint density at radius 2 is 2.00 bits per heavy atom. The molecule has 11 heteroatoms. The van der Waals surface area contributed by atoms with E-state index in [0.29, 0.717) is 0 Å². The highest BCUT2D eigenvalue weighted by molar-refractivity contribution is 14.0. The van der Waals surface area contributed by atoms with E-state index in [9.17, 15) is 22.0 Å². The van der Waals surface area contributed by atoms with Crippen LogP contribution in [0.5, 0.6) is 0 Å². The first kappa shape index (κ1) is 22.5. The molecule has 4 nitrogen and oxygen atoms in total. The third-order valence-electron chi connectivity index (χ3n) is 3.26. The fourth-order valence-corrected chi connectivity index (χ4v) is 2.75. The summed E-state index contributed by atoms with van der Waals surface area (Å²) in [7, 11) is 1.46. The third-order valence-corrected chi connectivity index (χ3v) is 4.10. The van der Waals surface area contributed by atoms with Crippen LogP contribution in [0.4, 0.5) is 22.0 Å². The summed E-state index contributed by atoms with van der Waals surface area (Å²) in [6.07, 6.45) is -4.48. The van der Waals surface area contributed by atoms with Gasteiger partial charge in [-0.2, -0.15) is 13.2 Å². The Bertz CT molecular complexity index is 763. The quantitative estimate of drug-likeness (QED) is 0.278. The van der Waals surface area contributed by atoms with Crippen LogP contribution in [0.1, 0.15) is 29.2 Å². The molecule has 1 atom stereocenters. The molecule has 0 fully saturated rings. The highest BCUT2D eigenvalue weighted by Crippen LogP contribution is 2.29. The largest absolute Gasteiger partial charge is 0.434 e. The molecule has 1 heterocycles. The van der Waals surface area contributed by atoms with E-state index in [1.807, 2.05) is 0 Å². The molecule has 0 aliphatic rings. The molecular weight excluding hydrogens is 490 g/mol. The first-order chi connectivity index (χ1) is 11.7. The van der Waals surface area contributed by atoms with Crippen molar-refractivity contribution in [2.45, 2.75) is 25.7 Å². The maximum atomic E-state index is 13.8. The Labute approximate surface area is 168 Å². The number of nitrogens with zero attached hydrogens (tertiary/aromatic N) is 2. The summed E-state index contributed by atoms with van der Waals surface area (Å²) >= 11 is 0.870. The second-order valence-electron chi connectivity index (χ2n) is 5.08. The van der Waals surface area contributed by atoms with Gasteiger partial charge in [0, 0.05) is 24.1 Å². The zero-order chi connectivity index (χ0) is 18.6. The highest BCUT2D eigenvalue weighted by atomic mass is 127. The van der Waals surface area contributed by atoms with Gasteiger partial charge in [-0.05, 0) is 13.0 Å². The minimum atomic E-state index is -4.48. The topological polar surface area (TPSA) is 49.3 Å². The Morgan fingerprint density at radius 1 is 1.31 bits per heavy atom. The van der Waals surface area contributed by atoms with Crippen LogP contribution in [0, 0.1) is 11.6 Å². The van der Waals surface area contributed by atoms with Crippen LogP contribution < -0.4 is 10.6 Å². The van der Waals surface area contributed by atoms with E-state index in [0.717, 1.165) is 28.8 Å². The molecule has 0 saturated carbocycles. The molecule has 0 saturated heterocycles. The van der Waals surface area contributed by atoms with Gasteiger partial charge in [-0.15, -0.1) is 35.3 Å². The summed E-state index contributed by atoms with van der Waals surface area (Å²) in [4.78, 5) is 7.42. The van der Waals surface area contributed by atoms with Crippen molar-refractivity contribution in [3.05, 3.63) is 51.5 Å². The zero-order valence-corrected chi connectivity index (χ0v) is 16.8. The maximum absolute atomic E-state index is 13.8. The Balaban J connectivity index is 0.00000338. The number of aliphatic imine (C=N–C) groups is 1. The number of nitrogens with one attached hydrogen (secondary N) is 2. The van der Waals surface area contributed by atoms with Crippen molar-refractivity contribution in [2.75, 3.05) is 7.05 Å². The molecule has 0 aliphatic heterocycles. The monoisotopic (exact) mass is 506 g/mol. The van der Waals surface area contributed by atoms with Gasteiger partial charge in [0.05, 0.1) is 12.6 Å². The Morgan fingerprint density at radius 3 is 2.54 bits per heavy atom. The van der Waals surface area contributed by atoms with Crippen molar-refractivity contribution in [2.24, 2.45) is 4.99 Å². The number of benzene rings is 1. The lowest BCUT2D eigenvalue weighted by Gasteiger charge is -2.18. The van der Waals surface area contributed by atoms with Crippen molar-refractivity contribution in [1.29, 1.82) is 0 Å². The van der Waals surface area contributed by atoms with Gasteiger partial charge in [-0.3, -0.25) is 4.99 Å². The predicted octanol–water partition coefficient (Wildman–Crippen LogP) is 4.48. The molecule has 2 aromatic rings. The molecule has 1 aromatic carbocycles. The summed E-state index contributed by atoms with van der Waals surface area (Å²) in [5.74, 6) is -1.13. The number of thiazole rings is 1. The lowest BCUT2D eigenvalue weighted by atomic mass is 10.1. The lowest BCUT2D eigenvalue weighted by molar-refractivity contribution is -0.140. The Hall–Kier alpha value is -1.50. The molecule has 0 amide bonds. The van der Waals surface area contributed by atoms with E-state index in [2.05, 4.69) is 20.6 Å². The van der Waals surface area contributed by atoms with Crippen LogP contribution in [0.25, 0.3) is 0 Å². The van der Waals surface area contributed by atoms with Gasteiger partial charge in [0.1, 0.15) is 16.6 Å². The van der Waals surface area contributed by atoms with Gasteiger partial charge < -0.3 is 10.6 Å². The van der Waals surface area contributed by atoms with Crippen LogP contribution in [-0.4, -0.2) is 18.0 Å². The zero-order valence-electron chi connectivity index (χ0n) is 13.7. The number of aromatic nitrogens is 1. The van der Waals surface area contributed by atoms with Crippen LogP contribution in [-0.2, 0) is 12.7 Å². The standard InChI is InChI=1S/C15H15F5N4S.HI/c1-8(10-4-3-9(16)5-11(10)17)23-14(21-2)22-6-13-24-12(7-25-13)15(18,19)20;/h3-5,7-8H,6H2,1-2H3,(H2,21,22,23);1H. The summed E-state index contributed by atoms with van der Waals surface area (Å²) in [6.45, 7) is 1.67. The smallest absolute Gasteiger partial charge is 0.350 e. The maximum Gasteiger partial charge on any atom is 0.434 e. The molecule has 1 aromatic heterocycles. The molecule has 2 N–H and O–H groups in total. The first-order valence-corrected chi connectivity index (χ1v) is 8.02. The number of halogens is 6. The van der Waals surface area contributed by atoms with Crippen molar-refractivity contribution in [1.82, 2.24) is 15.6 Å². The highest BCUT2D eigenvalue weighted by Gasteiger charge is 2.33. The average Bonchev–Trinajstić information content (AvgIpc) is 3.00. The summed E-state index contributed by atoms with van der Waals surface area (Å²) in [5.41, 5.74) is -0.711. The predicted molar refractivity (Wildman–Crippen MR) is 101 cm³/mol. The van der Waals surface area contributed by atoms with E-state index >= 15 is 0 Å². The molecule has 0 radical (unpaired) electrons. The number of hydrogen-bond acceptors (Lipinski definition) is 3. The van der Waals surface area contributed by atoms with E-state index in [1.54, 1.807) is 6.92 Å². The number of alkyl halides is 3. The Kier molecular flexibility index (Phi) is 8.18. The molecule has 2 rings (SSSR count). The molecule has 26 heavy (non-hydrogen) atoms. The van der Waals surface area contributed by atoms with Gasteiger partial charge in [0.15, 0.2) is 11.7 Å². The normalized spacial score (nSPS) is 13.1. The molecule has 0 aliphatic carbocycles. The summed E-state index contributed by atoms with van der Waals surface area (Å²) < 4.78 is 64.3. The SMILES string of the molecule is CN=C(NCc1nc(C(F)(F)F)cs1)NC(C)c1ccc(F)cc1F.I. The minimum absolute atomic E-state index is 0. The fraction of sp³-hybridized carbons (Fsp3) is 0.333. The molecule has 0 spiro atoms. The van der Waals surface area contributed by atoms with Gasteiger partial charge in [0.2, 0.25) is 0 Å². The number of hydrogen-bond donors (Lipinski definition) is 2. The first-order valence-electron chi connectivity index (χ1n) is 7.14. The van der Waals surface area contributed by atoms with Gasteiger partial charge in [-0.25, -0.2) is 13.8 Å². The van der Waals surface area contributed by atoms with Crippen LogP contribution >= 0.6 is 35.3 Å². The molecule has 144 valence electrons. The number of guanidine groups is 1. The molecular formula is C15H16F5IN4S. The van der Waals surface area contributed by atoms with Crippen molar-refractivity contribution in [3.63, 3.8) is 0 Å². The van der Waals surface area contributed by atoms with Crippen molar-refractivity contribution < 1.29 is 22.0 Å². The van der Waals surface area contributed by atoms with Crippen LogP contribution in [0.15, 0.2) is 28.6 Å². The third kappa shape index (κ3) is 6.04. The van der Waals surface area contributed by atoms with Gasteiger partial charge in [0.25, 0.3) is 0 Å². The fourth-order valence-electron chi connectivity index (χ4n) is 2.01. The van der Waals surface area contributed by atoms with E-state index in [1.165, 1.54) is 13.1 Å². The van der Waals surface area contributed by atoms with E-state index in [4.69, 9.17) is 0 Å². The van der Waals surface area contributed by atoms with Crippen LogP contribution in [0.2, 0.25) is 0 Å². The second-order valence-corrected chi connectivity index (χ2v) is 6.02. The van der Waals surface area contributed by atoms with Crippen molar-refractivity contribution in [3.8, 4) is 0 Å². The second kappa shape index (κ2) is 9.44. The van der Waals surface area contributed by atoms with E-state index < -0.39 is 29.5 Å². The van der Waals surface area contributed by atoms with Gasteiger partial charge in [-0.1, -0.05) is 6.07 Å². The van der Waals surface area contributed by atoms with Crippen molar-refractivity contribution >= 4 is 41.3 Å². The lowest BCUT2D eigenvalue weighted by Crippen LogP contribution is -2.38. The summed E-state index contributed by atoms with van der Waals surface area (Å²) in [6, 6.07) is 2.69. The molecule has 0 bridgehead atoms.